The van der Waals surface area contributed by atoms with E-state index in [0.717, 1.165) is 13.0 Å². The minimum absolute atomic E-state index is 0.185. The Kier molecular flexibility index (Phi) is 6.02. The number of nitrogens with zero attached hydrogens (tertiary/aromatic N) is 2. The molecule has 3 aliphatic heterocycles. The SMILES string of the molecule is c1ccc(C2CCN(C[C@H]3CN4O[C@H](c5ccccc5)C[C@H]4[C@@H]3c3ccccc3)CC2)cc1. The monoisotopic (exact) mass is 438 g/mol. The molecule has 0 saturated carbocycles. The van der Waals surface area contributed by atoms with Crippen molar-refractivity contribution in [1.82, 2.24) is 9.96 Å². The van der Waals surface area contributed by atoms with Crippen LogP contribution in [0.15, 0.2) is 91.0 Å². The van der Waals surface area contributed by atoms with Gasteiger partial charge in [-0.25, -0.2) is 0 Å². The predicted molar refractivity (Wildman–Crippen MR) is 133 cm³/mol. The lowest BCUT2D eigenvalue weighted by Crippen LogP contribution is -2.38. The van der Waals surface area contributed by atoms with Crippen LogP contribution >= 0.6 is 0 Å². The largest absolute Gasteiger partial charge is 0.303 e. The van der Waals surface area contributed by atoms with Crippen LogP contribution in [0.1, 0.15) is 53.9 Å². The van der Waals surface area contributed by atoms with Gasteiger partial charge in [-0.15, -0.1) is 0 Å². The topological polar surface area (TPSA) is 15.7 Å². The van der Waals surface area contributed by atoms with Crippen molar-refractivity contribution in [1.29, 1.82) is 0 Å². The van der Waals surface area contributed by atoms with Crippen LogP contribution in [-0.4, -0.2) is 42.2 Å². The Bertz CT molecular complexity index is 1020. The Morgan fingerprint density at radius 1 is 0.697 bits per heavy atom. The van der Waals surface area contributed by atoms with Gasteiger partial charge in [0.25, 0.3) is 0 Å². The second-order valence-corrected chi connectivity index (χ2v) is 10.1. The third-order valence-electron chi connectivity index (χ3n) is 8.13. The molecule has 6 rings (SSSR count). The first-order chi connectivity index (χ1) is 16.3. The molecule has 0 aliphatic carbocycles. The van der Waals surface area contributed by atoms with Crippen LogP contribution in [0.25, 0.3) is 0 Å². The maximum atomic E-state index is 6.53. The Morgan fingerprint density at radius 2 is 1.27 bits per heavy atom. The van der Waals surface area contributed by atoms with Crippen molar-refractivity contribution in [3.05, 3.63) is 108 Å². The summed E-state index contributed by atoms with van der Waals surface area (Å²) in [5, 5.41) is 2.33. The lowest BCUT2D eigenvalue weighted by Gasteiger charge is -2.35. The summed E-state index contributed by atoms with van der Waals surface area (Å²) in [6.07, 6.45) is 3.81. The number of hydrogen-bond donors (Lipinski definition) is 0. The zero-order valence-electron chi connectivity index (χ0n) is 19.3. The van der Waals surface area contributed by atoms with Crippen LogP contribution in [0.2, 0.25) is 0 Å². The van der Waals surface area contributed by atoms with Crippen LogP contribution in [0.5, 0.6) is 0 Å². The summed E-state index contributed by atoms with van der Waals surface area (Å²) in [5.41, 5.74) is 4.30. The molecular weight excluding hydrogens is 404 g/mol. The quantitative estimate of drug-likeness (QED) is 0.484. The molecule has 0 radical (unpaired) electrons. The number of rotatable bonds is 5. The average molecular weight is 439 g/mol. The summed E-state index contributed by atoms with van der Waals surface area (Å²) in [6, 6.07) is 33.5. The highest BCUT2D eigenvalue weighted by Crippen LogP contribution is 2.48. The standard InChI is InChI=1S/C30H34N2O/c1-4-10-23(11-5-1)24-16-18-31(19-17-24)21-27-22-32-28(30(27)26-14-8-3-9-15-26)20-29(33-32)25-12-6-2-7-13-25/h1-15,24,27-30H,16-22H2/t27-,28-,29-,30+/m0/s1. The third-order valence-corrected chi connectivity index (χ3v) is 8.13. The highest BCUT2D eigenvalue weighted by molar-refractivity contribution is 5.27. The van der Waals surface area contributed by atoms with Gasteiger partial charge in [-0.3, -0.25) is 4.84 Å². The lowest BCUT2D eigenvalue weighted by atomic mass is 9.81. The average Bonchev–Trinajstić information content (AvgIpc) is 3.44. The Hall–Kier alpha value is -2.46. The summed E-state index contributed by atoms with van der Waals surface area (Å²) in [7, 11) is 0. The first-order valence-corrected chi connectivity index (χ1v) is 12.7. The van der Waals surface area contributed by atoms with Crippen LogP contribution < -0.4 is 0 Å². The fourth-order valence-corrected chi connectivity index (χ4v) is 6.50. The third kappa shape index (κ3) is 4.38. The molecule has 0 unspecified atom stereocenters. The number of likely N-dealkylation sites (tertiary alicyclic amines) is 1. The number of hydrogen-bond acceptors (Lipinski definition) is 3. The molecule has 0 spiro atoms. The molecule has 0 aromatic heterocycles. The van der Waals surface area contributed by atoms with E-state index in [4.69, 9.17) is 4.84 Å². The fraction of sp³-hybridized carbons (Fsp3) is 0.400. The van der Waals surface area contributed by atoms with E-state index in [1.165, 1.54) is 49.2 Å². The molecule has 3 saturated heterocycles. The first kappa shape index (κ1) is 21.1. The molecule has 0 bridgehead atoms. The van der Waals surface area contributed by atoms with E-state index in [9.17, 15) is 0 Å². The van der Waals surface area contributed by atoms with E-state index in [2.05, 4.69) is 101 Å². The highest BCUT2D eigenvalue weighted by Gasteiger charge is 2.49. The summed E-state index contributed by atoms with van der Waals surface area (Å²) >= 11 is 0. The molecule has 3 aromatic carbocycles. The molecule has 170 valence electrons. The second-order valence-electron chi connectivity index (χ2n) is 10.1. The van der Waals surface area contributed by atoms with Crippen LogP contribution in [0.3, 0.4) is 0 Å². The van der Waals surface area contributed by atoms with E-state index in [1.54, 1.807) is 0 Å². The minimum Gasteiger partial charge on any atom is -0.303 e. The maximum Gasteiger partial charge on any atom is 0.106 e. The molecule has 4 atom stereocenters. The van der Waals surface area contributed by atoms with Gasteiger partial charge < -0.3 is 4.90 Å². The molecule has 3 fully saturated rings. The van der Waals surface area contributed by atoms with Gasteiger partial charge in [0.15, 0.2) is 0 Å². The van der Waals surface area contributed by atoms with Gasteiger partial charge in [0, 0.05) is 25.0 Å². The summed E-state index contributed by atoms with van der Waals surface area (Å²) < 4.78 is 0. The molecule has 3 heterocycles. The number of piperidine rings is 1. The summed E-state index contributed by atoms with van der Waals surface area (Å²) in [5.74, 6) is 1.86. The van der Waals surface area contributed by atoms with Gasteiger partial charge >= 0.3 is 0 Å². The van der Waals surface area contributed by atoms with Gasteiger partial charge in [0.1, 0.15) is 6.10 Å². The van der Waals surface area contributed by atoms with Gasteiger partial charge in [-0.05, 0) is 60.9 Å². The molecular formula is C30H34N2O. The molecule has 3 nitrogen and oxygen atoms in total. The van der Waals surface area contributed by atoms with E-state index >= 15 is 0 Å². The first-order valence-electron chi connectivity index (χ1n) is 12.7. The smallest absolute Gasteiger partial charge is 0.106 e. The van der Waals surface area contributed by atoms with Crippen molar-refractivity contribution in [2.75, 3.05) is 26.2 Å². The molecule has 3 aliphatic rings. The molecule has 0 amide bonds. The van der Waals surface area contributed by atoms with E-state index in [0.29, 0.717) is 23.8 Å². The van der Waals surface area contributed by atoms with Gasteiger partial charge in [0.2, 0.25) is 0 Å². The maximum absolute atomic E-state index is 6.53. The van der Waals surface area contributed by atoms with Crippen LogP contribution in [0, 0.1) is 5.92 Å². The minimum atomic E-state index is 0.185. The van der Waals surface area contributed by atoms with Gasteiger partial charge in [0.05, 0.1) is 0 Å². The molecule has 3 aromatic rings. The Balaban J connectivity index is 1.15. The van der Waals surface area contributed by atoms with Crippen molar-refractivity contribution >= 4 is 0 Å². The van der Waals surface area contributed by atoms with Gasteiger partial charge in [-0.1, -0.05) is 91.0 Å². The van der Waals surface area contributed by atoms with Crippen LogP contribution in [-0.2, 0) is 4.84 Å². The number of benzene rings is 3. The van der Waals surface area contributed by atoms with Crippen molar-refractivity contribution in [2.45, 2.75) is 43.2 Å². The summed E-state index contributed by atoms with van der Waals surface area (Å²) in [6.45, 7) is 4.62. The molecule has 33 heavy (non-hydrogen) atoms. The van der Waals surface area contributed by atoms with Crippen molar-refractivity contribution < 1.29 is 4.84 Å². The zero-order chi connectivity index (χ0) is 22.0. The number of hydroxylamine groups is 2. The fourth-order valence-electron chi connectivity index (χ4n) is 6.50. The number of fused-ring (bicyclic) bond motifs is 1. The second kappa shape index (κ2) is 9.42. The van der Waals surface area contributed by atoms with Crippen molar-refractivity contribution in [2.24, 2.45) is 5.92 Å². The Labute approximate surface area is 197 Å². The normalized spacial score (nSPS) is 28.7. The van der Waals surface area contributed by atoms with E-state index < -0.39 is 0 Å². The van der Waals surface area contributed by atoms with Crippen molar-refractivity contribution in [3.8, 4) is 0 Å². The van der Waals surface area contributed by atoms with E-state index in [1.807, 2.05) is 0 Å². The van der Waals surface area contributed by atoms with Gasteiger partial charge in [-0.2, -0.15) is 5.06 Å². The van der Waals surface area contributed by atoms with E-state index in [-0.39, 0.29) is 6.10 Å². The highest BCUT2D eigenvalue weighted by atomic mass is 16.7. The zero-order valence-corrected chi connectivity index (χ0v) is 19.3. The van der Waals surface area contributed by atoms with Crippen LogP contribution in [0.4, 0.5) is 0 Å². The molecule has 3 heteroatoms. The lowest BCUT2D eigenvalue weighted by molar-refractivity contribution is -0.152. The predicted octanol–water partition coefficient (Wildman–Crippen LogP) is 6.03. The van der Waals surface area contributed by atoms with Crippen molar-refractivity contribution in [3.63, 3.8) is 0 Å². The Morgan fingerprint density at radius 3 is 1.91 bits per heavy atom. The summed E-state index contributed by atoms with van der Waals surface area (Å²) in [4.78, 5) is 9.25. The molecule has 0 N–H and O–H groups in total.